The Labute approximate surface area is 126 Å². The van der Waals surface area contributed by atoms with Crippen LogP contribution in [0.5, 0.6) is 0 Å². The summed E-state index contributed by atoms with van der Waals surface area (Å²) in [5.74, 6) is 1.48. The quantitative estimate of drug-likeness (QED) is 0.856. The van der Waals surface area contributed by atoms with Gasteiger partial charge in [-0.3, -0.25) is 0 Å². The first kappa shape index (κ1) is 13.9. The highest BCUT2D eigenvalue weighted by molar-refractivity contribution is 9.13. The summed E-state index contributed by atoms with van der Waals surface area (Å²) in [7, 11) is 3.49. The van der Waals surface area contributed by atoms with Gasteiger partial charge in [0.1, 0.15) is 5.82 Å². The molecule has 2 heterocycles. The van der Waals surface area contributed by atoms with E-state index in [0.29, 0.717) is 12.4 Å². The van der Waals surface area contributed by atoms with Gasteiger partial charge in [0.15, 0.2) is 5.82 Å². The molecule has 7 heteroatoms. The van der Waals surface area contributed by atoms with Crippen LogP contribution >= 0.6 is 43.2 Å². The van der Waals surface area contributed by atoms with E-state index in [4.69, 9.17) is 4.74 Å². The normalized spacial score (nSPS) is 10.7. The number of rotatable bonds is 4. The van der Waals surface area contributed by atoms with Gasteiger partial charge < -0.3 is 10.1 Å². The average molecular weight is 393 g/mol. The molecule has 0 aromatic carbocycles. The third-order valence-electron chi connectivity index (χ3n) is 2.19. The first-order valence-electron chi connectivity index (χ1n) is 5.14. The molecule has 0 spiro atoms. The van der Waals surface area contributed by atoms with Crippen molar-refractivity contribution in [2.45, 2.75) is 6.61 Å². The first-order valence-corrected chi connectivity index (χ1v) is 7.54. The van der Waals surface area contributed by atoms with E-state index >= 15 is 0 Å². The van der Waals surface area contributed by atoms with Crippen molar-refractivity contribution in [3.63, 3.8) is 0 Å². The average Bonchev–Trinajstić information content (AvgIpc) is 2.70. The van der Waals surface area contributed by atoms with Crippen LogP contribution in [0.1, 0.15) is 5.69 Å². The zero-order chi connectivity index (χ0) is 13.1. The topological polar surface area (TPSA) is 47.0 Å². The number of halogens is 2. The van der Waals surface area contributed by atoms with Crippen molar-refractivity contribution < 1.29 is 4.74 Å². The van der Waals surface area contributed by atoms with Crippen LogP contribution in [0.4, 0.5) is 5.82 Å². The summed E-state index contributed by atoms with van der Waals surface area (Å²) >= 11 is 8.53. The molecule has 0 aliphatic carbocycles. The van der Waals surface area contributed by atoms with Crippen molar-refractivity contribution in [1.29, 1.82) is 0 Å². The van der Waals surface area contributed by atoms with Crippen LogP contribution in [0.2, 0.25) is 0 Å². The summed E-state index contributed by atoms with van der Waals surface area (Å²) in [5.41, 5.74) is 0.854. The minimum absolute atomic E-state index is 0.470. The van der Waals surface area contributed by atoms with Crippen molar-refractivity contribution >= 4 is 49.0 Å². The molecule has 0 bridgehead atoms. The second-order valence-electron chi connectivity index (χ2n) is 3.48. The van der Waals surface area contributed by atoms with E-state index in [-0.39, 0.29) is 0 Å². The Morgan fingerprint density at radius 1 is 1.33 bits per heavy atom. The van der Waals surface area contributed by atoms with Crippen LogP contribution in [-0.4, -0.2) is 24.1 Å². The Hall–Kier alpha value is -0.500. The maximum atomic E-state index is 5.11. The number of thiophene rings is 1. The second kappa shape index (κ2) is 6.10. The van der Waals surface area contributed by atoms with Crippen LogP contribution < -0.4 is 5.32 Å². The van der Waals surface area contributed by atoms with Crippen LogP contribution in [-0.2, 0) is 11.3 Å². The van der Waals surface area contributed by atoms with E-state index in [1.807, 2.05) is 19.2 Å². The van der Waals surface area contributed by atoms with Gasteiger partial charge in [0, 0.05) is 24.7 Å². The van der Waals surface area contributed by atoms with Crippen LogP contribution in [0.15, 0.2) is 20.4 Å². The standard InChI is InChI=1S/C11H11Br2N3OS/c1-14-9-3-6(5-17-2)15-11(16-9)8-4-7(12)10(13)18-8/h3-4H,5H2,1-2H3,(H,14,15,16). The molecule has 0 aliphatic heterocycles. The highest BCUT2D eigenvalue weighted by atomic mass is 79.9. The van der Waals surface area contributed by atoms with Gasteiger partial charge in [-0.1, -0.05) is 0 Å². The molecule has 2 aromatic heterocycles. The predicted molar refractivity (Wildman–Crippen MR) is 81.0 cm³/mol. The lowest BCUT2D eigenvalue weighted by molar-refractivity contribution is 0.181. The molecule has 0 saturated carbocycles. The lowest BCUT2D eigenvalue weighted by atomic mass is 10.3. The van der Waals surface area contributed by atoms with Gasteiger partial charge in [-0.15, -0.1) is 11.3 Å². The number of aromatic nitrogens is 2. The zero-order valence-corrected chi connectivity index (χ0v) is 13.8. The summed E-state index contributed by atoms with van der Waals surface area (Å²) in [4.78, 5) is 9.94. The fraction of sp³-hybridized carbons (Fsp3) is 0.273. The Kier molecular flexibility index (Phi) is 4.71. The first-order chi connectivity index (χ1) is 8.63. The minimum Gasteiger partial charge on any atom is -0.378 e. The van der Waals surface area contributed by atoms with Gasteiger partial charge in [-0.2, -0.15) is 0 Å². The Morgan fingerprint density at radius 3 is 2.67 bits per heavy atom. The van der Waals surface area contributed by atoms with Gasteiger partial charge in [-0.05, 0) is 37.9 Å². The molecular weight excluding hydrogens is 382 g/mol. The van der Waals surface area contributed by atoms with Crippen molar-refractivity contribution in [2.75, 3.05) is 19.5 Å². The minimum atomic E-state index is 0.470. The summed E-state index contributed by atoms with van der Waals surface area (Å²) in [6.45, 7) is 0.470. The van der Waals surface area contributed by atoms with E-state index < -0.39 is 0 Å². The maximum absolute atomic E-state index is 5.11. The fourth-order valence-electron chi connectivity index (χ4n) is 1.41. The molecule has 2 rings (SSSR count). The smallest absolute Gasteiger partial charge is 0.172 e. The predicted octanol–water partition coefficient (Wildman–Crippen LogP) is 3.92. The molecule has 0 aliphatic rings. The number of ether oxygens (including phenoxy) is 1. The van der Waals surface area contributed by atoms with Gasteiger partial charge in [0.25, 0.3) is 0 Å². The number of hydrogen-bond acceptors (Lipinski definition) is 5. The Morgan fingerprint density at radius 2 is 2.11 bits per heavy atom. The Balaban J connectivity index is 2.45. The summed E-state index contributed by atoms with van der Waals surface area (Å²) in [6, 6.07) is 3.88. The van der Waals surface area contributed by atoms with Gasteiger partial charge in [0.2, 0.25) is 0 Å². The lowest BCUT2D eigenvalue weighted by Crippen LogP contribution is -2.01. The van der Waals surface area contributed by atoms with Crippen molar-refractivity contribution in [2.24, 2.45) is 0 Å². The molecular formula is C11H11Br2N3OS. The number of nitrogens with zero attached hydrogens (tertiary/aromatic N) is 2. The molecule has 0 radical (unpaired) electrons. The molecule has 0 atom stereocenters. The Bertz CT molecular complexity index is 540. The van der Waals surface area contributed by atoms with E-state index in [9.17, 15) is 0 Å². The van der Waals surface area contributed by atoms with E-state index in [2.05, 4.69) is 47.1 Å². The molecule has 18 heavy (non-hydrogen) atoms. The molecule has 96 valence electrons. The summed E-state index contributed by atoms with van der Waals surface area (Å²) in [5, 5.41) is 3.03. The SMILES string of the molecule is CNc1cc(COC)nc(-c2cc(Br)c(Br)s2)n1. The largest absolute Gasteiger partial charge is 0.378 e. The highest BCUT2D eigenvalue weighted by Crippen LogP contribution is 2.37. The van der Waals surface area contributed by atoms with E-state index in [1.165, 1.54) is 0 Å². The van der Waals surface area contributed by atoms with Gasteiger partial charge in [-0.25, -0.2) is 9.97 Å². The van der Waals surface area contributed by atoms with E-state index in [0.717, 1.165) is 24.6 Å². The highest BCUT2D eigenvalue weighted by Gasteiger charge is 2.11. The number of nitrogens with one attached hydrogen (secondary N) is 1. The van der Waals surface area contributed by atoms with Crippen LogP contribution in [0.25, 0.3) is 10.7 Å². The van der Waals surface area contributed by atoms with Gasteiger partial charge >= 0.3 is 0 Å². The summed E-state index contributed by atoms with van der Waals surface area (Å²) in [6.07, 6.45) is 0. The number of hydrogen-bond donors (Lipinski definition) is 1. The van der Waals surface area contributed by atoms with Crippen LogP contribution in [0.3, 0.4) is 0 Å². The van der Waals surface area contributed by atoms with Crippen molar-refractivity contribution in [3.05, 3.63) is 26.1 Å². The van der Waals surface area contributed by atoms with Crippen LogP contribution in [0, 0.1) is 0 Å². The third-order valence-corrected chi connectivity index (χ3v) is 5.45. The zero-order valence-electron chi connectivity index (χ0n) is 9.83. The maximum Gasteiger partial charge on any atom is 0.172 e. The molecule has 0 saturated heterocycles. The molecule has 2 aromatic rings. The fourth-order valence-corrected chi connectivity index (χ4v) is 3.38. The third kappa shape index (κ3) is 3.09. The van der Waals surface area contributed by atoms with E-state index in [1.54, 1.807) is 18.4 Å². The monoisotopic (exact) mass is 391 g/mol. The number of methoxy groups -OCH3 is 1. The lowest BCUT2D eigenvalue weighted by Gasteiger charge is -2.05. The summed E-state index contributed by atoms with van der Waals surface area (Å²) < 4.78 is 7.15. The molecule has 0 fully saturated rings. The van der Waals surface area contributed by atoms with Crippen molar-refractivity contribution in [3.8, 4) is 10.7 Å². The molecule has 4 nitrogen and oxygen atoms in total. The molecule has 1 N–H and O–H groups in total. The molecule has 0 amide bonds. The molecule has 0 unspecified atom stereocenters. The van der Waals surface area contributed by atoms with Gasteiger partial charge in [0.05, 0.1) is 21.0 Å². The number of anilines is 1. The van der Waals surface area contributed by atoms with Crippen molar-refractivity contribution in [1.82, 2.24) is 9.97 Å². The second-order valence-corrected chi connectivity index (χ2v) is 6.71.